The van der Waals surface area contributed by atoms with E-state index in [2.05, 4.69) is 13.8 Å². The van der Waals surface area contributed by atoms with Crippen LogP contribution in [0, 0.1) is 11.8 Å². The summed E-state index contributed by atoms with van der Waals surface area (Å²) in [6, 6.07) is 0. The van der Waals surface area contributed by atoms with Gasteiger partial charge in [-0.15, -0.1) is 0 Å². The molecule has 1 heteroatoms. The van der Waals surface area contributed by atoms with E-state index in [1.54, 1.807) is 0 Å². The molecule has 0 aromatic carbocycles. The van der Waals surface area contributed by atoms with Crippen molar-refractivity contribution in [2.75, 3.05) is 0 Å². The highest BCUT2D eigenvalue weighted by Gasteiger charge is 2.39. The monoisotopic (exact) mass is 102 g/mol. The van der Waals surface area contributed by atoms with E-state index < -0.39 is 6.17 Å². The van der Waals surface area contributed by atoms with Gasteiger partial charge in [0.2, 0.25) is 0 Å². The molecule has 0 N–H and O–H groups in total. The van der Waals surface area contributed by atoms with Gasteiger partial charge in [0.05, 0.1) is 0 Å². The molecule has 0 radical (unpaired) electrons. The molecule has 1 saturated carbocycles. The van der Waals surface area contributed by atoms with Gasteiger partial charge in [-0.3, -0.25) is 0 Å². The molecule has 0 bridgehead atoms. The number of rotatable bonds is 1. The molecular formula is C6H11F. The minimum atomic E-state index is -0.458. The fourth-order valence-electron chi connectivity index (χ4n) is 0.871. The molecule has 0 heterocycles. The minimum Gasteiger partial charge on any atom is -0.247 e. The van der Waals surface area contributed by atoms with Crippen molar-refractivity contribution >= 4 is 0 Å². The Kier molecular flexibility index (Phi) is 1.06. The summed E-state index contributed by atoms with van der Waals surface area (Å²) in [4.78, 5) is 0. The number of hydrogen-bond donors (Lipinski definition) is 0. The third-order valence-electron chi connectivity index (χ3n) is 1.62. The van der Waals surface area contributed by atoms with Crippen molar-refractivity contribution in [3.63, 3.8) is 0 Å². The molecule has 1 fully saturated rings. The van der Waals surface area contributed by atoms with Crippen LogP contribution in [-0.2, 0) is 0 Å². The van der Waals surface area contributed by atoms with Crippen molar-refractivity contribution in [3.8, 4) is 0 Å². The summed E-state index contributed by atoms with van der Waals surface area (Å²) in [6.45, 7) is 4.15. The largest absolute Gasteiger partial charge is 0.247 e. The van der Waals surface area contributed by atoms with Crippen molar-refractivity contribution in [1.82, 2.24) is 0 Å². The fraction of sp³-hybridized carbons (Fsp3) is 1.00. The van der Waals surface area contributed by atoms with Crippen LogP contribution in [0.2, 0.25) is 0 Å². The van der Waals surface area contributed by atoms with E-state index in [1.165, 1.54) is 0 Å². The lowest BCUT2D eigenvalue weighted by atomic mass is 10.1. The zero-order valence-electron chi connectivity index (χ0n) is 4.82. The number of alkyl halides is 1. The van der Waals surface area contributed by atoms with E-state index in [1.807, 2.05) is 0 Å². The third kappa shape index (κ3) is 0.929. The van der Waals surface area contributed by atoms with Gasteiger partial charge in [0.15, 0.2) is 0 Å². The highest BCUT2D eigenvalue weighted by molar-refractivity contribution is 4.87. The molecular weight excluding hydrogens is 91.1 g/mol. The Bertz CT molecular complexity index is 68.6. The van der Waals surface area contributed by atoms with Crippen LogP contribution in [0.15, 0.2) is 0 Å². The standard InChI is InChI=1S/C6H11F/c1-4(2)5-3-6(5)7/h4-6H,3H2,1-2H3. The van der Waals surface area contributed by atoms with Crippen LogP contribution >= 0.6 is 0 Å². The Morgan fingerprint density at radius 2 is 2.00 bits per heavy atom. The Morgan fingerprint density at radius 1 is 1.57 bits per heavy atom. The second-order valence-electron chi connectivity index (χ2n) is 2.66. The summed E-state index contributed by atoms with van der Waals surface area (Å²) < 4.78 is 12.0. The zero-order chi connectivity index (χ0) is 5.44. The van der Waals surface area contributed by atoms with E-state index in [4.69, 9.17) is 0 Å². The smallest absolute Gasteiger partial charge is 0.104 e. The Balaban J connectivity index is 2.20. The molecule has 0 aromatic heterocycles. The molecule has 42 valence electrons. The molecule has 1 aliphatic rings. The zero-order valence-corrected chi connectivity index (χ0v) is 4.82. The maximum Gasteiger partial charge on any atom is 0.104 e. The van der Waals surface area contributed by atoms with Gasteiger partial charge in [0.25, 0.3) is 0 Å². The van der Waals surface area contributed by atoms with E-state index in [-0.39, 0.29) is 0 Å². The van der Waals surface area contributed by atoms with Crippen LogP contribution < -0.4 is 0 Å². The van der Waals surface area contributed by atoms with Crippen molar-refractivity contribution < 1.29 is 4.39 Å². The van der Waals surface area contributed by atoms with E-state index in [0.29, 0.717) is 11.8 Å². The second kappa shape index (κ2) is 1.46. The lowest BCUT2D eigenvalue weighted by Gasteiger charge is -1.95. The van der Waals surface area contributed by atoms with Gasteiger partial charge in [0.1, 0.15) is 6.17 Å². The van der Waals surface area contributed by atoms with Crippen LogP contribution in [0.4, 0.5) is 4.39 Å². The summed E-state index contributed by atoms with van der Waals surface area (Å²) in [5, 5.41) is 0. The maximum absolute atomic E-state index is 12.0. The highest BCUT2D eigenvalue weighted by atomic mass is 19.1. The molecule has 1 aliphatic carbocycles. The van der Waals surface area contributed by atoms with Crippen molar-refractivity contribution in [2.45, 2.75) is 26.4 Å². The van der Waals surface area contributed by atoms with Crippen LogP contribution in [0.1, 0.15) is 20.3 Å². The molecule has 0 saturated heterocycles. The summed E-state index contributed by atoms with van der Waals surface area (Å²) in [6.07, 6.45) is 0.359. The van der Waals surface area contributed by atoms with Gasteiger partial charge < -0.3 is 0 Å². The number of hydrogen-bond acceptors (Lipinski definition) is 0. The Hall–Kier alpha value is -0.0700. The van der Waals surface area contributed by atoms with Crippen LogP contribution in [0.25, 0.3) is 0 Å². The predicted octanol–water partition coefficient (Wildman–Crippen LogP) is 2.00. The Labute approximate surface area is 43.7 Å². The highest BCUT2D eigenvalue weighted by Crippen LogP contribution is 2.39. The first-order valence-electron chi connectivity index (χ1n) is 2.86. The van der Waals surface area contributed by atoms with E-state index in [0.717, 1.165) is 6.42 Å². The predicted molar refractivity (Wildman–Crippen MR) is 27.8 cm³/mol. The molecule has 0 aliphatic heterocycles. The normalized spacial score (nSPS) is 39.4. The quantitative estimate of drug-likeness (QED) is 0.475. The van der Waals surface area contributed by atoms with Gasteiger partial charge in [-0.25, -0.2) is 4.39 Å². The summed E-state index contributed by atoms with van der Waals surface area (Å²) in [7, 11) is 0. The molecule has 2 unspecified atom stereocenters. The first kappa shape index (κ1) is 5.07. The van der Waals surface area contributed by atoms with Crippen molar-refractivity contribution in [2.24, 2.45) is 11.8 Å². The lowest BCUT2D eigenvalue weighted by molar-refractivity contribution is 0.403. The average Bonchev–Trinajstić information content (AvgIpc) is 2.17. The average molecular weight is 102 g/mol. The molecule has 0 spiro atoms. The maximum atomic E-state index is 12.0. The first-order chi connectivity index (χ1) is 3.22. The SMILES string of the molecule is CC(C)C1CC1F. The number of halogens is 1. The van der Waals surface area contributed by atoms with Crippen molar-refractivity contribution in [1.29, 1.82) is 0 Å². The van der Waals surface area contributed by atoms with Crippen LogP contribution in [0.3, 0.4) is 0 Å². The lowest BCUT2D eigenvalue weighted by Crippen LogP contribution is -1.90. The van der Waals surface area contributed by atoms with Crippen LogP contribution in [0.5, 0.6) is 0 Å². The van der Waals surface area contributed by atoms with E-state index in [9.17, 15) is 4.39 Å². The van der Waals surface area contributed by atoms with Crippen LogP contribution in [-0.4, -0.2) is 6.17 Å². The molecule has 7 heavy (non-hydrogen) atoms. The molecule has 0 aromatic rings. The summed E-state index contributed by atoms with van der Waals surface area (Å²) in [5.41, 5.74) is 0. The summed E-state index contributed by atoms with van der Waals surface area (Å²) >= 11 is 0. The van der Waals surface area contributed by atoms with Gasteiger partial charge in [0, 0.05) is 0 Å². The summed E-state index contributed by atoms with van der Waals surface area (Å²) in [5.74, 6) is 0.968. The first-order valence-corrected chi connectivity index (χ1v) is 2.86. The van der Waals surface area contributed by atoms with Gasteiger partial charge in [-0.1, -0.05) is 13.8 Å². The van der Waals surface area contributed by atoms with Crippen molar-refractivity contribution in [3.05, 3.63) is 0 Å². The van der Waals surface area contributed by atoms with Gasteiger partial charge in [-0.2, -0.15) is 0 Å². The topological polar surface area (TPSA) is 0 Å². The second-order valence-corrected chi connectivity index (χ2v) is 2.66. The van der Waals surface area contributed by atoms with Gasteiger partial charge in [-0.05, 0) is 18.3 Å². The molecule has 2 atom stereocenters. The van der Waals surface area contributed by atoms with E-state index >= 15 is 0 Å². The molecule has 0 nitrogen and oxygen atoms in total. The molecule has 1 rings (SSSR count). The minimum absolute atomic E-state index is 0.403. The molecule has 0 amide bonds. The third-order valence-corrected chi connectivity index (χ3v) is 1.62. The van der Waals surface area contributed by atoms with Gasteiger partial charge >= 0.3 is 0 Å². The Morgan fingerprint density at radius 3 is 2.00 bits per heavy atom. The fourth-order valence-corrected chi connectivity index (χ4v) is 0.871.